The van der Waals surface area contributed by atoms with E-state index in [1.54, 1.807) is 0 Å². The summed E-state index contributed by atoms with van der Waals surface area (Å²) in [5, 5.41) is 0. The topological polar surface area (TPSA) is 38.8 Å². The molecule has 2 spiro atoms. The summed E-state index contributed by atoms with van der Waals surface area (Å²) in [4.78, 5) is 15.2. The van der Waals surface area contributed by atoms with Crippen LogP contribution in [0.1, 0.15) is 91.0 Å². The van der Waals surface area contributed by atoms with Crippen LogP contribution in [0.4, 0.5) is 0 Å². The summed E-state index contributed by atoms with van der Waals surface area (Å²) in [5.74, 6) is 5.74. The minimum Gasteiger partial charge on any atom is -0.457 e. The molecule has 0 amide bonds. The van der Waals surface area contributed by atoms with E-state index >= 15 is 0 Å². The molecule has 3 unspecified atom stereocenters. The highest BCUT2D eigenvalue weighted by atomic mass is 16.5. The number of ether oxygens (including phenoxy) is 2. The van der Waals surface area contributed by atoms with Gasteiger partial charge in [0.25, 0.3) is 0 Å². The SMILES string of the molecule is C[C@H]1C[C@H]2OC3(CC[C@H]4[C@@H]5CCC6=CC(=O)CC[C@]6(C)[C@H]5CC45CC53C)[C@H](C)[C@@H]2N(Cc2ccc(Oc3ccccc3)cc2)C1. The number of likely N-dealkylation sites (tertiary alicyclic amines) is 1. The Hall–Kier alpha value is -2.43. The van der Waals surface area contributed by atoms with Crippen LogP contribution >= 0.6 is 0 Å². The van der Waals surface area contributed by atoms with E-state index in [1.807, 2.05) is 30.3 Å². The number of carbonyl (C=O) groups is 1. The van der Waals surface area contributed by atoms with Gasteiger partial charge in [-0.25, -0.2) is 0 Å². The van der Waals surface area contributed by atoms with Gasteiger partial charge in [0.05, 0.1) is 11.7 Å². The molecule has 4 heteroatoms. The van der Waals surface area contributed by atoms with Crippen LogP contribution in [0, 0.1) is 45.8 Å². The lowest BCUT2D eigenvalue weighted by molar-refractivity contribution is -0.148. The Labute approximate surface area is 269 Å². The van der Waals surface area contributed by atoms with Crippen LogP contribution < -0.4 is 4.74 Å². The zero-order valence-electron chi connectivity index (χ0n) is 27.8. The second kappa shape index (κ2) is 9.80. The molecule has 0 aromatic heterocycles. The molecule has 0 bridgehead atoms. The second-order valence-corrected chi connectivity index (χ2v) is 17.0. The minimum absolute atomic E-state index is 0.00980. The third kappa shape index (κ3) is 3.94. The fourth-order valence-electron chi connectivity index (χ4n) is 13.1. The lowest BCUT2D eigenvalue weighted by Crippen LogP contribution is -2.54. The summed E-state index contributed by atoms with van der Waals surface area (Å²) < 4.78 is 13.7. The fraction of sp³-hybridized carbons (Fsp3) is 0.634. The highest BCUT2D eigenvalue weighted by Gasteiger charge is 2.84. The quantitative estimate of drug-likeness (QED) is 0.349. The van der Waals surface area contributed by atoms with Crippen molar-refractivity contribution in [3.8, 4) is 11.5 Å². The molecule has 4 nitrogen and oxygen atoms in total. The minimum atomic E-state index is -0.00980. The highest BCUT2D eigenvalue weighted by molar-refractivity contribution is 5.91. The van der Waals surface area contributed by atoms with Crippen molar-refractivity contribution in [2.45, 2.75) is 110 Å². The molecular weight excluding hydrogens is 554 g/mol. The fourth-order valence-corrected chi connectivity index (χ4v) is 13.1. The molecular formula is C41H51NO3. The molecule has 45 heavy (non-hydrogen) atoms. The molecule has 6 fully saturated rings. The van der Waals surface area contributed by atoms with Crippen molar-refractivity contribution in [2.75, 3.05) is 6.54 Å². The molecule has 4 saturated carbocycles. The Kier molecular flexibility index (Phi) is 6.26. The number of hydrogen-bond donors (Lipinski definition) is 0. The lowest BCUT2D eigenvalue weighted by Gasteiger charge is -2.50. The van der Waals surface area contributed by atoms with E-state index in [0.717, 1.165) is 61.6 Å². The Morgan fingerprint density at radius 1 is 0.933 bits per heavy atom. The van der Waals surface area contributed by atoms with Gasteiger partial charge in [0.15, 0.2) is 5.78 Å². The van der Waals surface area contributed by atoms with Crippen LogP contribution in [0.2, 0.25) is 0 Å². The van der Waals surface area contributed by atoms with E-state index in [2.05, 4.69) is 62.9 Å². The van der Waals surface area contributed by atoms with Crippen molar-refractivity contribution in [1.29, 1.82) is 0 Å². The molecule has 2 saturated heterocycles. The molecule has 238 valence electrons. The molecule has 2 aliphatic heterocycles. The largest absolute Gasteiger partial charge is 0.457 e. The molecule has 2 aromatic rings. The Morgan fingerprint density at radius 2 is 1.71 bits per heavy atom. The lowest BCUT2D eigenvalue weighted by atomic mass is 9.56. The standard InChI is InChI=1S/C41H51NO3/c1-26-20-36-37(42(23-26)24-28-10-13-32(14-11-28)44-31-8-6-5-7-9-31)27(2)41(45-36)19-17-34-33-15-12-29-21-30(43)16-18-38(29,3)35(33)22-40(34)25-39(40,41)4/h5-11,13-14,21,26-27,33-37H,12,15-20,22-25H2,1-4H3/t26-,27+,33-,34-,35-,36+,37-,38-,39?,40?,41?/m0/s1. The maximum absolute atomic E-state index is 12.4. The normalized spacial score (nSPS) is 46.4. The van der Waals surface area contributed by atoms with E-state index in [4.69, 9.17) is 9.47 Å². The summed E-state index contributed by atoms with van der Waals surface area (Å²) in [6, 6.07) is 19.3. The van der Waals surface area contributed by atoms with Crippen LogP contribution in [0.15, 0.2) is 66.2 Å². The Bertz CT molecular complexity index is 1530. The number of fused-ring (bicyclic) bond motifs is 6. The van der Waals surface area contributed by atoms with Crippen LogP contribution in [0.3, 0.4) is 0 Å². The number of hydrogen-bond acceptors (Lipinski definition) is 4. The first-order valence-electron chi connectivity index (χ1n) is 18.1. The number of ketones is 1. The monoisotopic (exact) mass is 605 g/mol. The van der Waals surface area contributed by atoms with Crippen molar-refractivity contribution in [3.63, 3.8) is 0 Å². The van der Waals surface area contributed by atoms with Gasteiger partial charge in [-0.05, 0) is 122 Å². The predicted octanol–water partition coefficient (Wildman–Crippen LogP) is 8.99. The average molecular weight is 606 g/mol. The Balaban J connectivity index is 0.968. The molecule has 9 rings (SSSR count). The van der Waals surface area contributed by atoms with Gasteiger partial charge in [-0.2, -0.15) is 0 Å². The molecule has 7 aliphatic rings. The van der Waals surface area contributed by atoms with Crippen LogP contribution in [0.5, 0.6) is 11.5 Å². The summed E-state index contributed by atoms with van der Waals surface area (Å²) in [6.07, 6.45) is 13.2. The first-order valence-corrected chi connectivity index (χ1v) is 18.1. The number of rotatable bonds is 4. The van der Waals surface area contributed by atoms with Gasteiger partial charge in [-0.3, -0.25) is 9.69 Å². The average Bonchev–Trinajstić information content (AvgIpc) is 3.37. The zero-order chi connectivity index (χ0) is 30.8. The second-order valence-electron chi connectivity index (χ2n) is 17.0. The van der Waals surface area contributed by atoms with E-state index in [1.165, 1.54) is 49.7 Å². The Morgan fingerprint density at radius 3 is 2.51 bits per heavy atom. The third-order valence-electron chi connectivity index (χ3n) is 15.1. The van der Waals surface area contributed by atoms with Crippen molar-refractivity contribution in [2.24, 2.45) is 45.8 Å². The number of carbonyl (C=O) groups excluding carboxylic acids is 1. The molecule has 0 radical (unpaired) electrons. The molecule has 2 aromatic carbocycles. The molecule has 5 aliphatic carbocycles. The van der Waals surface area contributed by atoms with Gasteiger partial charge in [-0.1, -0.05) is 63.6 Å². The first-order chi connectivity index (χ1) is 21.7. The number of nitrogens with zero attached hydrogens (tertiary/aromatic N) is 1. The van der Waals surface area contributed by atoms with Crippen molar-refractivity contribution < 1.29 is 14.3 Å². The van der Waals surface area contributed by atoms with Crippen molar-refractivity contribution in [1.82, 2.24) is 4.90 Å². The zero-order valence-corrected chi connectivity index (χ0v) is 27.8. The highest BCUT2D eigenvalue weighted by Crippen LogP contribution is 2.87. The van der Waals surface area contributed by atoms with Gasteiger partial charge < -0.3 is 9.47 Å². The maximum atomic E-state index is 12.4. The van der Waals surface area contributed by atoms with Crippen molar-refractivity contribution >= 4 is 5.78 Å². The van der Waals surface area contributed by atoms with Gasteiger partial charge in [0.2, 0.25) is 0 Å². The summed E-state index contributed by atoms with van der Waals surface area (Å²) >= 11 is 0. The van der Waals surface area contributed by atoms with E-state index < -0.39 is 0 Å². The van der Waals surface area contributed by atoms with E-state index in [-0.39, 0.29) is 16.4 Å². The third-order valence-corrected chi connectivity index (χ3v) is 15.1. The molecule has 2 heterocycles. The number of para-hydroxylation sites is 1. The van der Waals surface area contributed by atoms with Crippen molar-refractivity contribution in [3.05, 3.63) is 71.8 Å². The number of benzene rings is 2. The van der Waals surface area contributed by atoms with Gasteiger partial charge >= 0.3 is 0 Å². The first kappa shape index (κ1) is 28.8. The number of allylic oxidation sites excluding steroid dienone is 2. The smallest absolute Gasteiger partial charge is 0.155 e. The van der Waals surface area contributed by atoms with Crippen LogP contribution in [-0.2, 0) is 16.1 Å². The van der Waals surface area contributed by atoms with Gasteiger partial charge in [-0.15, -0.1) is 0 Å². The summed E-state index contributed by atoms with van der Waals surface area (Å²) in [5.41, 5.74) is 3.79. The summed E-state index contributed by atoms with van der Waals surface area (Å²) in [7, 11) is 0. The van der Waals surface area contributed by atoms with Crippen LogP contribution in [-0.4, -0.2) is 35.0 Å². The molecule has 0 N–H and O–H groups in total. The summed E-state index contributed by atoms with van der Waals surface area (Å²) in [6.45, 7) is 12.3. The number of piperidine rings is 1. The predicted molar refractivity (Wildman–Crippen MR) is 177 cm³/mol. The molecule has 11 atom stereocenters. The van der Waals surface area contributed by atoms with Crippen LogP contribution in [0.25, 0.3) is 0 Å². The van der Waals surface area contributed by atoms with Gasteiger partial charge in [0, 0.05) is 36.9 Å². The van der Waals surface area contributed by atoms with Gasteiger partial charge in [0.1, 0.15) is 11.5 Å². The maximum Gasteiger partial charge on any atom is 0.155 e. The van der Waals surface area contributed by atoms with E-state index in [0.29, 0.717) is 35.2 Å². The van der Waals surface area contributed by atoms with E-state index in [9.17, 15) is 4.79 Å².